The van der Waals surface area contributed by atoms with Crippen LogP contribution in [0.1, 0.15) is 73.5 Å². The second-order valence-electron chi connectivity index (χ2n) is 17.0. The molecule has 1 amide bonds. The third-order valence-electron chi connectivity index (χ3n) is 11.8. The van der Waals surface area contributed by atoms with Gasteiger partial charge in [-0.15, -0.1) is 0 Å². The maximum absolute atomic E-state index is 14.7. The standard InChI is InChI=1S/C21H24BrFN2O.C18H19BrFNO3.C16H14BrFO3.C2H7NO/c1-14(2)25-12-11-24-21(25)18-5-4-6-19(23)17(18)9-7-15-13-16(22)8-10-20(15)26-3;1-24-17-8-6-13(19)11-12(17)5-7-14-15(3-2-4-16(14)20)18(23)21-9-10-22;1-21-15-8-6-11(17)9-10(15)5-7-12-13(16(19)20)3-2-4-14(12)18;3-1-2-4/h4-6,8,10,13-14H,7,9,11-12H2,1-3H3;2-4,6,8,11,22H,5,7,9-10H2,1H3,(H,21,23);2-4,6,8-9H,5,7H2,1H3,(H,19,20);4H,1-3H2. The van der Waals surface area contributed by atoms with Crippen LogP contribution in [0.4, 0.5) is 13.2 Å². The number of carbonyl (C=O) groups is 2. The molecule has 0 radical (unpaired) electrons. The first-order valence-corrected chi connectivity index (χ1v) is 26.4. The van der Waals surface area contributed by atoms with Gasteiger partial charge in [0, 0.05) is 61.3 Å². The van der Waals surface area contributed by atoms with Crippen LogP contribution >= 0.6 is 47.8 Å². The van der Waals surface area contributed by atoms with E-state index in [1.807, 2.05) is 60.7 Å². The Balaban J connectivity index is 0.000000236. The fourth-order valence-corrected chi connectivity index (χ4v) is 9.36. The maximum Gasteiger partial charge on any atom is 0.336 e. The van der Waals surface area contributed by atoms with Crippen molar-refractivity contribution in [3.63, 3.8) is 0 Å². The number of methoxy groups -OCH3 is 3. The highest BCUT2D eigenvalue weighted by Gasteiger charge is 2.25. The number of hydrogen-bond acceptors (Lipinski definition) is 10. The van der Waals surface area contributed by atoms with Crippen LogP contribution < -0.4 is 25.3 Å². The van der Waals surface area contributed by atoms with Crippen LogP contribution in [-0.4, -0.2) is 105 Å². The van der Waals surface area contributed by atoms with Crippen molar-refractivity contribution in [2.75, 3.05) is 60.7 Å². The van der Waals surface area contributed by atoms with E-state index in [1.54, 1.807) is 33.5 Å². The number of nitrogens with one attached hydrogen (secondary N) is 1. The maximum atomic E-state index is 14.7. The summed E-state index contributed by atoms with van der Waals surface area (Å²) in [5.41, 5.74) is 10.2. The van der Waals surface area contributed by atoms with Crippen molar-refractivity contribution in [1.29, 1.82) is 0 Å². The molecule has 0 saturated heterocycles. The van der Waals surface area contributed by atoms with Crippen LogP contribution in [0.2, 0.25) is 0 Å². The number of amidine groups is 1. The van der Waals surface area contributed by atoms with Gasteiger partial charge in [-0.05, 0) is 160 Å². The molecule has 402 valence electrons. The fourth-order valence-electron chi connectivity index (χ4n) is 8.14. The average molecular weight is 1230 g/mol. The van der Waals surface area contributed by atoms with Crippen LogP contribution in [0.15, 0.2) is 128 Å². The molecule has 18 heteroatoms. The van der Waals surface area contributed by atoms with Gasteiger partial charge in [-0.2, -0.15) is 0 Å². The summed E-state index contributed by atoms with van der Waals surface area (Å²) in [6.07, 6.45) is 2.97. The van der Waals surface area contributed by atoms with Crippen molar-refractivity contribution in [2.24, 2.45) is 10.7 Å². The van der Waals surface area contributed by atoms with Gasteiger partial charge < -0.3 is 45.5 Å². The van der Waals surface area contributed by atoms with Crippen LogP contribution in [-0.2, 0) is 38.5 Å². The van der Waals surface area contributed by atoms with Crippen LogP contribution in [0.25, 0.3) is 0 Å². The molecular weight excluding hydrogens is 1170 g/mol. The number of amides is 1. The number of nitrogens with two attached hydrogens (primary N) is 1. The first kappa shape index (κ1) is 61.8. The zero-order chi connectivity index (χ0) is 55.0. The smallest absolute Gasteiger partial charge is 0.336 e. The number of aliphatic imine (C=N–C) groups is 1. The molecule has 0 aromatic heterocycles. The molecule has 1 aliphatic heterocycles. The van der Waals surface area contributed by atoms with Crippen molar-refractivity contribution in [3.05, 3.63) is 190 Å². The molecule has 6 aromatic carbocycles. The summed E-state index contributed by atoms with van der Waals surface area (Å²) in [7, 11) is 4.82. The number of carboxylic acid groups (broad SMARTS) is 1. The zero-order valence-electron chi connectivity index (χ0n) is 42.6. The predicted octanol–water partition coefficient (Wildman–Crippen LogP) is 11.0. The quantitative estimate of drug-likeness (QED) is 0.0525. The SMILES string of the molecule is COc1ccc(Br)cc1CCc1c(F)cccc1C(=O)NCCO.COc1ccc(Br)cc1CCc1c(F)cccc1C(=O)O.COc1ccc(Br)cc1CCc1c(F)cccc1C1=NCCN1C(C)C.NCCO. The molecular formula is C57H64Br3F3N4O8. The van der Waals surface area contributed by atoms with Crippen molar-refractivity contribution in [2.45, 2.75) is 58.4 Å². The molecule has 0 saturated carbocycles. The van der Waals surface area contributed by atoms with E-state index in [9.17, 15) is 22.8 Å². The third-order valence-corrected chi connectivity index (χ3v) is 13.2. The van der Waals surface area contributed by atoms with Crippen molar-refractivity contribution in [1.82, 2.24) is 10.2 Å². The van der Waals surface area contributed by atoms with Gasteiger partial charge in [0.2, 0.25) is 0 Å². The Kier molecular flexibility index (Phi) is 26.3. The Bertz CT molecular complexity index is 2850. The number of aliphatic hydroxyl groups excluding tert-OH is 2. The van der Waals surface area contributed by atoms with E-state index in [0.717, 1.165) is 71.7 Å². The van der Waals surface area contributed by atoms with E-state index in [-0.39, 0.29) is 48.2 Å². The Labute approximate surface area is 462 Å². The molecule has 7 rings (SSSR count). The Morgan fingerprint density at radius 2 is 1.05 bits per heavy atom. The molecule has 0 aliphatic carbocycles. The topological polar surface area (TPSA) is 176 Å². The number of aryl methyl sites for hydroxylation is 3. The number of rotatable bonds is 19. The lowest BCUT2D eigenvalue weighted by Gasteiger charge is -2.26. The minimum atomic E-state index is -1.12. The summed E-state index contributed by atoms with van der Waals surface area (Å²) in [5, 5.41) is 28.3. The first-order valence-electron chi connectivity index (χ1n) is 24.1. The summed E-state index contributed by atoms with van der Waals surface area (Å²) >= 11 is 10.3. The highest BCUT2D eigenvalue weighted by atomic mass is 79.9. The van der Waals surface area contributed by atoms with Gasteiger partial charge in [-0.25, -0.2) is 18.0 Å². The summed E-state index contributed by atoms with van der Waals surface area (Å²) in [5.74, 6) is 0.570. The van der Waals surface area contributed by atoms with Gasteiger partial charge in [-0.1, -0.05) is 72.1 Å². The normalized spacial score (nSPS) is 11.6. The molecule has 0 unspecified atom stereocenters. The number of aliphatic hydroxyl groups is 2. The van der Waals surface area contributed by atoms with E-state index in [1.165, 1.54) is 36.4 Å². The summed E-state index contributed by atoms with van der Waals surface area (Å²) < 4.78 is 61.6. The van der Waals surface area contributed by atoms with E-state index in [4.69, 9.17) is 35.3 Å². The highest BCUT2D eigenvalue weighted by molar-refractivity contribution is 9.11. The molecule has 6 N–H and O–H groups in total. The van der Waals surface area contributed by atoms with Crippen LogP contribution in [0.3, 0.4) is 0 Å². The fraction of sp³-hybridized carbons (Fsp3) is 0.316. The van der Waals surface area contributed by atoms with E-state index >= 15 is 0 Å². The van der Waals surface area contributed by atoms with E-state index in [2.05, 4.69) is 76.8 Å². The molecule has 6 aromatic rings. The average Bonchev–Trinajstić information content (AvgIpc) is 3.90. The highest BCUT2D eigenvalue weighted by Crippen LogP contribution is 2.29. The molecule has 0 fully saturated rings. The number of aromatic carboxylic acids is 1. The number of ether oxygens (including phenoxy) is 3. The molecule has 75 heavy (non-hydrogen) atoms. The minimum absolute atomic E-state index is 0.00367. The van der Waals surface area contributed by atoms with Gasteiger partial charge in [0.15, 0.2) is 0 Å². The van der Waals surface area contributed by atoms with Gasteiger partial charge in [0.05, 0.1) is 46.7 Å². The molecule has 0 atom stereocenters. The summed E-state index contributed by atoms with van der Waals surface area (Å²) in [6, 6.07) is 31.3. The zero-order valence-corrected chi connectivity index (χ0v) is 47.3. The number of benzene rings is 6. The molecule has 1 heterocycles. The number of carbonyl (C=O) groups excluding carboxylic acids is 1. The van der Waals surface area contributed by atoms with Crippen molar-refractivity contribution >= 4 is 65.5 Å². The Hall–Kier alpha value is -5.76. The van der Waals surface area contributed by atoms with Gasteiger partial charge in [-0.3, -0.25) is 9.79 Å². The Morgan fingerprint density at radius 3 is 1.47 bits per heavy atom. The van der Waals surface area contributed by atoms with Crippen LogP contribution in [0, 0.1) is 17.5 Å². The summed E-state index contributed by atoms with van der Waals surface area (Å²) in [6.45, 7) is 6.39. The molecule has 0 bridgehead atoms. The van der Waals surface area contributed by atoms with Gasteiger partial charge >= 0.3 is 5.97 Å². The van der Waals surface area contributed by atoms with Crippen LogP contribution in [0.5, 0.6) is 17.2 Å². The minimum Gasteiger partial charge on any atom is -0.496 e. The Morgan fingerprint density at radius 1 is 0.640 bits per heavy atom. The van der Waals surface area contributed by atoms with Gasteiger partial charge in [0.1, 0.15) is 40.5 Å². The lowest BCUT2D eigenvalue weighted by molar-refractivity contribution is 0.0694. The molecule has 1 aliphatic rings. The monoisotopic (exact) mass is 1230 g/mol. The lowest BCUT2D eigenvalue weighted by atomic mass is 9.97. The number of halogens is 6. The number of hydrogen-bond donors (Lipinski definition) is 5. The predicted molar refractivity (Wildman–Crippen MR) is 299 cm³/mol. The largest absolute Gasteiger partial charge is 0.496 e. The second-order valence-corrected chi connectivity index (χ2v) is 19.7. The molecule has 12 nitrogen and oxygen atoms in total. The van der Waals surface area contributed by atoms with Crippen molar-refractivity contribution in [3.8, 4) is 17.2 Å². The van der Waals surface area contributed by atoms with E-state index in [0.29, 0.717) is 62.4 Å². The molecule has 0 spiro atoms. The lowest BCUT2D eigenvalue weighted by Crippen LogP contribution is -2.35. The summed E-state index contributed by atoms with van der Waals surface area (Å²) in [4.78, 5) is 30.2. The first-order chi connectivity index (χ1) is 36.0. The van der Waals surface area contributed by atoms with Crippen molar-refractivity contribution < 1.29 is 52.3 Å². The third kappa shape index (κ3) is 18.5. The second kappa shape index (κ2) is 32.0. The number of carboxylic acids is 1. The van der Waals surface area contributed by atoms with Gasteiger partial charge in [0.25, 0.3) is 5.91 Å². The number of nitrogens with zero attached hydrogens (tertiary/aromatic N) is 2. The van der Waals surface area contributed by atoms with E-state index < -0.39 is 17.6 Å².